The van der Waals surface area contributed by atoms with Crippen molar-refractivity contribution in [2.75, 3.05) is 19.6 Å². The standard InChI is InChI=1S/C87H66N4/c1-63-33-59-83-84-60-34-64(2)62-86(84)87(85(83)61-63,69-43-55-81(56-44-69)90(75-29-17-7-18-30-75)79-51-39-67(40-52-79)65-35-47-77(48-36-65)88(71-21-9-3-10-22-71)72-23-11-4-12-24-72)70-45-57-82(58-46-70)91(76-31-19-8-20-32-76)80-53-41-68(42-54-80)66-37-49-78(50-38-66)89(73-25-13-5-14-26-73)74-27-15-6-16-28-74/h3-62H,1-2H3. The molecule has 4 nitrogen and oxygen atoms in total. The molecule has 0 amide bonds. The van der Waals surface area contributed by atoms with Crippen LogP contribution in [0, 0.1) is 13.8 Å². The van der Waals surface area contributed by atoms with Gasteiger partial charge in [-0.05, 0) is 215 Å². The van der Waals surface area contributed by atoms with Crippen molar-refractivity contribution in [3.8, 4) is 33.4 Å². The van der Waals surface area contributed by atoms with Crippen molar-refractivity contribution < 1.29 is 0 Å². The molecular weight excluding hydrogens is 1100 g/mol. The number of anilines is 12. The lowest BCUT2D eigenvalue weighted by Crippen LogP contribution is -2.29. The first-order valence-electron chi connectivity index (χ1n) is 31.3. The SMILES string of the molecule is Cc1ccc2c(c1)C(c1ccc(N(c3ccccc3)c3ccc(-c4ccc(N(c5ccccc5)c5ccccc5)cc4)cc3)cc1)(c1ccc(N(c3ccccc3)c3ccc(-c4ccc(N(c5ccccc5)c5ccccc5)cc4)cc3)cc1)c1cc(C)ccc1-2. The highest BCUT2D eigenvalue weighted by molar-refractivity contribution is 5.89. The fraction of sp³-hybridized carbons (Fsp3) is 0.0345. The minimum absolute atomic E-state index is 0.623. The van der Waals surface area contributed by atoms with Crippen molar-refractivity contribution >= 4 is 68.2 Å². The molecule has 1 aliphatic rings. The van der Waals surface area contributed by atoms with E-state index in [1.54, 1.807) is 0 Å². The van der Waals surface area contributed by atoms with Gasteiger partial charge in [0.1, 0.15) is 0 Å². The molecule has 15 rings (SSSR count). The van der Waals surface area contributed by atoms with Crippen molar-refractivity contribution in [1.29, 1.82) is 0 Å². The highest BCUT2D eigenvalue weighted by atomic mass is 15.2. The zero-order chi connectivity index (χ0) is 61.1. The molecule has 0 N–H and O–H groups in total. The predicted octanol–water partition coefficient (Wildman–Crippen LogP) is 23.9. The first kappa shape index (κ1) is 55.8. The molecule has 14 aromatic carbocycles. The molecule has 91 heavy (non-hydrogen) atoms. The van der Waals surface area contributed by atoms with E-state index >= 15 is 0 Å². The van der Waals surface area contributed by atoms with E-state index in [1.165, 1.54) is 44.5 Å². The van der Waals surface area contributed by atoms with Crippen LogP contribution >= 0.6 is 0 Å². The Morgan fingerprint density at radius 2 is 0.374 bits per heavy atom. The number of fused-ring (bicyclic) bond motifs is 3. The average molecular weight is 1170 g/mol. The van der Waals surface area contributed by atoms with E-state index < -0.39 is 5.41 Å². The van der Waals surface area contributed by atoms with Gasteiger partial charge in [-0.3, -0.25) is 0 Å². The molecule has 0 radical (unpaired) electrons. The summed E-state index contributed by atoms with van der Waals surface area (Å²) in [5, 5.41) is 0. The number of para-hydroxylation sites is 6. The summed E-state index contributed by atoms with van der Waals surface area (Å²) in [6.45, 7) is 4.44. The monoisotopic (exact) mass is 1170 g/mol. The molecule has 0 unspecified atom stereocenters. The van der Waals surface area contributed by atoms with Crippen molar-refractivity contribution in [3.63, 3.8) is 0 Å². The topological polar surface area (TPSA) is 13.0 Å². The maximum Gasteiger partial charge on any atom is 0.0713 e. The molecule has 0 saturated carbocycles. The van der Waals surface area contributed by atoms with Crippen LogP contribution in [-0.2, 0) is 5.41 Å². The molecule has 0 atom stereocenters. The van der Waals surface area contributed by atoms with Gasteiger partial charge in [-0.25, -0.2) is 0 Å². The summed E-state index contributed by atoms with van der Waals surface area (Å²) in [6.07, 6.45) is 0. The molecule has 0 heterocycles. The Kier molecular flexibility index (Phi) is 15.0. The molecule has 0 fully saturated rings. The van der Waals surface area contributed by atoms with Crippen LogP contribution < -0.4 is 19.6 Å². The van der Waals surface area contributed by atoms with Gasteiger partial charge >= 0.3 is 0 Å². The van der Waals surface area contributed by atoms with Crippen molar-refractivity contribution in [2.24, 2.45) is 0 Å². The van der Waals surface area contributed by atoms with E-state index in [9.17, 15) is 0 Å². The van der Waals surface area contributed by atoms with E-state index in [2.05, 4.69) is 397 Å². The molecule has 434 valence electrons. The Bertz CT molecular complexity index is 4370. The maximum atomic E-state index is 2.42. The second-order valence-corrected chi connectivity index (χ2v) is 23.5. The van der Waals surface area contributed by atoms with Crippen molar-refractivity contribution in [3.05, 3.63) is 397 Å². The number of aryl methyl sites for hydroxylation is 2. The number of rotatable bonds is 16. The van der Waals surface area contributed by atoms with Gasteiger partial charge < -0.3 is 19.6 Å². The van der Waals surface area contributed by atoms with Crippen LogP contribution in [0.4, 0.5) is 68.2 Å². The third kappa shape index (κ3) is 10.7. The van der Waals surface area contributed by atoms with Crippen LogP contribution in [0.1, 0.15) is 33.4 Å². The molecule has 0 aliphatic heterocycles. The van der Waals surface area contributed by atoms with Gasteiger partial charge in [0.25, 0.3) is 0 Å². The fourth-order valence-corrected chi connectivity index (χ4v) is 13.5. The summed E-state index contributed by atoms with van der Waals surface area (Å²) in [7, 11) is 0. The Morgan fingerprint density at radius 3 is 0.582 bits per heavy atom. The third-order valence-electron chi connectivity index (χ3n) is 17.8. The third-order valence-corrected chi connectivity index (χ3v) is 17.8. The molecule has 0 spiro atoms. The van der Waals surface area contributed by atoms with Crippen LogP contribution in [0.25, 0.3) is 33.4 Å². The quantitative estimate of drug-likeness (QED) is 0.0956. The molecule has 0 saturated heterocycles. The minimum atomic E-state index is -0.623. The summed E-state index contributed by atoms with van der Waals surface area (Å²) >= 11 is 0. The van der Waals surface area contributed by atoms with E-state index in [1.807, 2.05) is 0 Å². The first-order valence-corrected chi connectivity index (χ1v) is 31.3. The first-order chi connectivity index (χ1) is 44.9. The summed E-state index contributed by atoms with van der Waals surface area (Å²) < 4.78 is 0. The van der Waals surface area contributed by atoms with Gasteiger partial charge in [0.05, 0.1) is 5.41 Å². The Hall–Kier alpha value is -11.7. The summed E-state index contributed by atoms with van der Waals surface area (Å²) in [4.78, 5) is 9.34. The van der Waals surface area contributed by atoms with Crippen LogP contribution in [0.5, 0.6) is 0 Å². The molecule has 14 aromatic rings. The van der Waals surface area contributed by atoms with Crippen LogP contribution in [0.15, 0.2) is 364 Å². The maximum absolute atomic E-state index is 2.42. The Labute approximate surface area is 534 Å². The number of benzene rings is 14. The van der Waals surface area contributed by atoms with E-state index in [4.69, 9.17) is 0 Å². The highest BCUT2D eigenvalue weighted by Gasteiger charge is 2.46. The second-order valence-electron chi connectivity index (χ2n) is 23.5. The van der Waals surface area contributed by atoms with Crippen molar-refractivity contribution in [2.45, 2.75) is 19.3 Å². The smallest absolute Gasteiger partial charge is 0.0713 e. The number of hydrogen-bond acceptors (Lipinski definition) is 4. The molecule has 4 heteroatoms. The lowest BCUT2D eigenvalue weighted by atomic mass is 9.67. The average Bonchev–Trinajstić information content (AvgIpc) is 1.56. The van der Waals surface area contributed by atoms with Crippen LogP contribution in [0.2, 0.25) is 0 Å². The van der Waals surface area contributed by atoms with E-state index in [0.29, 0.717) is 0 Å². The van der Waals surface area contributed by atoms with Crippen molar-refractivity contribution in [1.82, 2.24) is 0 Å². The van der Waals surface area contributed by atoms with Gasteiger partial charge in [-0.1, -0.05) is 230 Å². The van der Waals surface area contributed by atoms with Crippen LogP contribution in [0.3, 0.4) is 0 Å². The zero-order valence-corrected chi connectivity index (χ0v) is 50.9. The Balaban J connectivity index is 0.768. The molecular formula is C87H66N4. The Morgan fingerprint density at radius 1 is 0.187 bits per heavy atom. The zero-order valence-electron chi connectivity index (χ0n) is 50.9. The normalized spacial score (nSPS) is 11.9. The van der Waals surface area contributed by atoms with Crippen LogP contribution in [-0.4, -0.2) is 0 Å². The second kappa shape index (κ2) is 24.4. The summed E-state index contributed by atoms with van der Waals surface area (Å²) in [5.74, 6) is 0. The fourth-order valence-electron chi connectivity index (χ4n) is 13.5. The number of hydrogen-bond donors (Lipinski definition) is 0. The lowest BCUT2D eigenvalue weighted by Gasteiger charge is -2.35. The minimum Gasteiger partial charge on any atom is -0.311 e. The van der Waals surface area contributed by atoms with Gasteiger partial charge in [-0.15, -0.1) is 0 Å². The van der Waals surface area contributed by atoms with E-state index in [0.717, 1.165) is 90.5 Å². The molecule has 0 bridgehead atoms. The molecule has 0 aromatic heterocycles. The van der Waals surface area contributed by atoms with E-state index in [-0.39, 0.29) is 0 Å². The highest BCUT2D eigenvalue weighted by Crippen LogP contribution is 2.57. The molecule has 1 aliphatic carbocycles. The lowest BCUT2D eigenvalue weighted by molar-refractivity contribution is 0.766. The summed E-state index contributed by atoms with van der Waals surface area (Å²) in [5.41, 5.74) is 27.1. The number of nitrogens with zero attached hydrogens (tertiary/aromatic N) is 4. The van der Waals surface area contributed by atoms with Gasteiger partial charge in [-0.2, -0.15) is 0 Å². The van der Waals surface area contributed by atoms with Gasteiger partial charge in [0.2, 0.25) is 0 Å². The predicted molar refractivity (Wildman–Crippen MR) is 383 cm³/mol. The van der Waals surface area contributed by atoms with Gasteiger partial charge in [0, 0.05) is 68.2 Å². The summed E-state index contributed by atoms with van der Waals surface area (Å²) in [6, 6.07) is 132. The largest absolute Gasteiger partial charge is 0.311 e. The van der Waals surface area contributed by atoms with Gasteiger partial charge in [0.15, 0.2) is 0 Å².